The van der Waals surface area contributed by atoms with Crippen LogP contribution in [0.3, 0.4) is 0 Å². The van der Waals surface area contributed by atoms with E-state index in [1.807, 2.05) is 0 Å². The summed E-state index contributed by atoms with van der Waals surface area (Å²) in [4.78, 5) is 2.40. The van der Waals surface area contributed by atoms with Crippen LogP contribution in [0.2, 0.25) is 0 Å². The molecular formula is C9H20N2O. The lowest BCUT2D eigenvalue weighted by Gasteiger charge is -2.42. The summed E-state index contributed by atoms with van der Waals surface area (Å²) in [6.07, 6.45) is 0. The van der Waals surface area contributed by atoms with E-state index in [-0.39, 0.29) is 12.1 Å². The summed E-state index contributed by atoms with van der Waals surface area (Å²) in [5.74, 6) is 0. The van der Waals surface area contributed by atoms with E-state index in [0.29, 0.717) is 6.04 Å². The van der Waals surface area contributed by atoms with Gasteiger partial charge in [0.25, 0.3) is 0 Å². The largest absolute Gasteiger partial charge is 0.394 e. The molecule has 0 amide bonds. The standard InChI is InChI=1S/C9H20N2O/c1-8(2)11-5-4-10-9(3,6-11)7-12/h8,10,12H,4-7H2,1-3H3. The topological polar surface area (TPSA) is 35.5 Å². The Morgan fingerprint density at radius 1 is 1.58 bits per heavy atom. The fraction of sp³-hybridized carbons (Fsp3) is 1.00. The molecule has 12 heavy (non-hydrogen) atoms. The summed E-state index contributed by atoms with van der Waals surface area (Å²) >= 11 is 0. The average Bonchev–Trinajstić information content (AvgIpc) is 2.05. The highest BCUT2D eigenvalue weighted by Crippen LogP contribution is 2.12. The second-order valence-electron chi connectivity index (χ2n) is 4.21. The maximum Gasteiger partial charge on any atom is 0.0623 e. The minimum absolute atomic E-state index is 0.0947. The van der Waals surface area contributed by atoms with Gasteiger partial charge < -0.3 is 10.4 Å². The molecule has 1 rings (SSSR count). The number of hydrogen-bond acceptors (Lipinski definition) is 3. The van der Waals surface area contributed by atoms with Gasteiger partial charge in [0.2, 0.25) is 0 Å². The van der Waals surface area contributed by atoms with Gasteiger partial charge in [-0.2, -0.15) is 0 Å². The second-order valence-corrected chi connectivity index (χ2v) is 4.21. The van der Waals surface area contributed by atoms with Crippen molar-refractivity contribution in [3.8, 4) is 0 Å². The Morgan fingerprint density at radius 2 is 2.25 bits per heavy atom. The summed E-state index contributed by atoms with van der Waals surface area (Å²) in [7, 11) is 0. The van der Waals surface area contributed by atoms with E-state index >= 15 is 0 Å². The summed E-state index contributed by atoms with van der Waals surface area (Å²) in [5, 5.41) is 12.5. The zero-order valence-corrected chi connectivity index (χ0v) is 8.30. The molecule has 0 aromatic heterocycles. The Balaban J connectivity index is 2.51. The molecule has 1 fully saturated rings. The monoisotopic (exact) mass is 172 g/mol. The Morgan fingerprint density at radius 3 is 2.75 bits per heavy atom. The van der Waals surface area contributed by atoms with E-state index in [9.17, 15) is 0 Å². The van der Waals surface area contributed by atoms with Crippen molar-refractivity contribution in [3.63, 3.8) is 0 Å². The third-order valence-electron chi connectivity index (χ3n) is 2.58. The van der Waals surface area contributed by atoms with E-state index < -0.39 is 0 Å². The molecule has 0 saturated carbocycles. The smallest absolute Gasteiger partial charge is 0.0623 e. The minimum Gasteiger partial charge on any atom is -0.394 e. The average molecular weight is 172 g/mol. The molecular weight excluding hydrogens is 152 g/mol. The first kappa shape index (κ1) is 9.96. The third kappa shape index (κ3) is 2.19. The number of nitrogens with zero attached hydrogens (tertiary/aromatic N) is 1. The molecule has 1 atom stereocenters. The molecule has 1 aliphatic rings. The first-order valence-electron chi connectivity index (χ1n) is 4.67. The Bertz CT molecular complexity index is 149. The van der Waals surface area contributed by atoms with Gasteiger partial charge in [-0.15, -0.1) is 0 Å². The van der Waals surface area contributed by atoms with Crippen LogP contribution >= 0.6 is 0 Å². The van der Waals surface area contributed by atoms with Crippen molar-refractivity contribution in [3.05, 3.63) is 0 Å². The first-order chi connectivity index (χ1) is 5.57. The van der Waals surface area contributed by atoms with E-state index in [0.717, 1.165) is 19.6 Å². The fourth-order valence-electron chi connectivity index (χ4n) is 1.63. The molecule has 72 valence electrons. The molecule has 0 radical (unpaired) electrons. The SMILES string of the molecule is CC(C)N1CCNC(C)(CO)C1. The highest BCUT2D eigenvalue weighted by molar-refractivity contribution is 4.91. The molecule has 0 aromatic carbocycles. The molecule has 1 saturated heterocycles. The number of rotatable bonds is 2. The number of piperazine rings is 1. The van der Waals surface area contributed by atoms with E-state index in [2.05, 4.69) is 31.0 Å². The van der Waals surface area contributed by atoms with Crippen LogP contribution in [-0.2, 0) is 0 Å². The van der Waals surface area contributed by atoms with E-state index in [1.165, 1.54) is 0 Å². The lowest BCUT2D eigenvalue weighted by Crippen LogP contribution is -2.61. The van der Waals surface area contributed by atoms with Crippen LogP contribution in [0.5, 0.6) is 0 Å². The van der Waals surface area contributed by atoms with Gasteiger partial charge in [0.1, 0.15) is 0 Å². The zero-order valence-electron chi connectivity index (χ0n) is 8.30. The highest BCUT2D eigenvalue weighted by atomic mass is 16.3. The van der Waals surface area contributed by atoms with Gasteiger partial charge in [-0.3, -0.25) is 4.90 Å². The van der Waals surface area contributed by atoms with Crippen molar-refractivity contribution in [2.45, 2.75) is 32.4 Å². The van der Waals surface area contributed by atoms with Gasteiger partial charge in [0, 0.05) is 25.7 Å². The van der Waals surface area contributed by atoms with Crippen molar-refractivity contribution in [2.75, 3.05) is 26.2 Å². The quantitative estimate of drug-likeness (QED) is 0.618. The van der Waals surface area contributed by atoms with Crippen LogP contribution in [0.1, 0.15) is 20.8 Å². The molecule has 3 heteroatoms. The molecule has 0 bridgehead atoms. The van der Waals surface area contributed by atoms with Crippen LogP contribution in [0.15, 0.2) is 0 Å². The molecule has 1 heterocycles. The zero-order chi connectivity index (χ0) is 9.19. The first-order valence-corrected chi connectivity index (χ1v) is 4.67. The van der Waals surface area contributed by atoms with Crippen LogP contribution in [-0.4, -0.2) is 47.8 Å². The number of hydrogen-bond donors (Lipinski definition) is 2. The second kappa shape index (κ2) is 3.73. The van der Waals surface area contributed by atoms with Crippen LogP contribution in [0, 0.1) is 0 Å². The lowest BCUT2D eigenvalue weighted by molar-refractivity contribution is 0.0705. The van der Waals surface area contributed by atoms with Gasteiger partial charge in [0.15, 0.2) is 0 Å². The molecule has 1 aliphatic heterocycles. The number of nitrogens with one attached hydrogen (secondary N) is 1. The van der Waals surface area contributed by atoms with Gasteiger partial charge in [0.05, 0.1) is 12.1 Å². The summed E-state index contributed by atoms with van der Waals surface area (Å²) in [6.45, 7) is 9.70. The maximum atomic E-state index is 9.16. The van der Waals surface area contributed by atoms with Crippen molar-refractivity contribution in [1.82, 2.24) is 10.2 Å². The van der Waals surface area contributed by atoms with Gasteiger partial charge in [-0.1, -0.05) is 0 Å². The number of aliphatic hydroxyl groups excluding tert-OH is 1. The van der Waals surface area contributed by atoms with Crippen molar-refractivity contribution in [2.24, 2.45) is 0 Å². The molecule has 3 nitrogen and oxygen atoms in total. The molecule has 0 spiro atoms. The summed E-state index contributed by atoms with van der Waals surface area (Å²) in [5.41, 5.74) is -0.0947. The van der Waals surface area contributed by atoms with Crippen molar-refractivity contribution >= 4 is 0 Å². The fourth-order valence-corrected chi connectivity index (χ4v) is 1.63. The Kier molecular flexibility index (Phi) is 3.09. The summed E-state index contributed by atoms with van der Waals surface area (Å²) in [6, 6.07) is 0.581. The van der Waals surface area contributed by atoms with E-state index in [4.69, 9.17) is 5.11 Å². The predicted molar refractivity (Wildman–Crippen MR) is 50.2 cm³/mol. The Labute approximate surface area is 74.8 Å². The van der Waals surface area contributed by atoms with Gasteiger partial charge in [-0.25, -0.2) is 0 Å². The normalized spacial score (nSPS) is 32.8. The van der Waals surface area contributed by atoms with Crippen molar-refractivity contribution < 1.29 is 5.11 Å². The third-order valence-corrected chi connectivity index (χ3v) is 2.58. The molecule has 2 N–H and O–H groups in total. The minimum atomic E-state index is -0.0947. The van der Waals surface area contributed by atoms with E-state index in [1.54, 1.807) is 0 Å². The Hall–Kier alpha value is -0.120. The van der Waals surface area contributed by atoms with Crippen molar-refractivity contribution in [1.29, 1.82) is 0 Å². The summed E-state index contributed by atoms with van der Waals surface area (Å²) < 4.78 is 0. The van der Waals surface area contributed by atoms with Crippen LogP contribution in [0.25, 0.3) is 0 Å². The van der Waals surface area contributed by atoms with Gasteiger partial charge >= 0.3 is 0 Å². The van der Waals surface area contributed by atoms with Crippen LogP contribution < -0.4 is 5.32 Å². The molecule has 1 unspecified atom stereocenters. The molecule has 0 aromatic rings. The van der Waals surface area contributed by atoms with Crippen LogP contribution in [0.4, 0.5) is 0 Å². The maximum absolute atomic E-state index is 9.16. The van der Waals surface area contributed by atoms with Gasteiger partial charge in [-0.05, 0) is 20.8 Å². The highest BCUT2D eigenvalue weighted by Gasteiger charge is 2.30. The molecule has 0 aliphatic carbocycles. The number of aliphatic hydroxyl groups is 1. The lowest BCUT2D eigenvalue weighted by atomic mass is 9.99. The predicted octanol–water partition coefficient (Wildman–Crippen LogP) is 0.0510.